The average molecular weight is 308 g/mol. The summed E-state index contributed by atoms with van der Waals surface area (Å²) in [7, 11) is -3.50. The van der Waals surface area contributed by atoms with Crippen LogP contribution in [-0.4, -0.2) is 37.7 Å². The van der Waals surface area contributed by atoms with Crippen LogP contribution in [0.4, 0.5) is 0 Å². The number of hydrogen-bond donors (Lipinski definition) is 0. The number of sulfonamides is 1. The van der Waals surface area contributed by atoms with Crippen LogP contribution in [0.5, 0.6) is 0 Å². The van der Waals surface area contributed by atoms with Gasteiger partial charge in [0.2, 0.25) is 10.0 Å². The van der Waals surface area contributed by atoms with E-state index in [1.54, 1.807) is 0 Å². The third kappa shape index (κ3) is 4.81. The molecule has 0 aliphatic carbocycles. The Hall–Kier alpha value is -1.42. The van der Waals surface area contributed by atoms with E-state index in [1.807, 2.05) is 36.4 Å². The highest BCUT2D eigenvalue weighted by Gasteiger charge is 2.27. The topological polar surface area (TPSA) is 70.4 Å². The first-order valence-electron chi connectivity index (χ1n) is 7.12. The zero-order valence-corrected chi connectivity index (χ0v) is 12.8. The number of benzene rings is 1. The molecule has 0 unspecified atom stereocenters. The summed E-state index contributed by atoms with van der Waals surface area (Å²) in [4.78, 5) is 0. The van der Waals surface area contributed by atoms with E-state index >= 15 is 0 Å². The molecule has 0 bridgehead atoms. The second kappa shape index (κ2) is 7.55. The van der Waals surface area contributed by atoms with Gasteiger partial charge in [-0.25, -0.2) is 8.42 Å². The fourth-order valence-corrected chi connectivity index (χ4v) is 3.94. The molecule has 1 atom stereocenters. The molecule has 1 aliphatic rings. The van der Waals surface area contributed by atoms with Gasteiger partial charge in [-0.1, -0.05) is 30.3 Å². The maximum absolute atomic E-state index is 12.5. The van der Waals surface area contributed by atoms with Crippen LogP contribution in [0.2, 0.25) is 0 Å². The highest BCUT2D eigenvalue weighted by atomic mass is 32.2. The Labute approximate surface area is 126 Å². The normalized spacial score (nSPS) is 19.3. The standard InChI is InChI=1S/C15H20N2O3S/c16-9-10-17(12-14-6-2-1-3-7-14)21(18,19)13-15-8-4-5-11-20-15/h1-3,6-7,15H,4-5,8,10-13H2/t15-/m1/s1. The number of nitrogens with zero attached hydrogens (tertiary/aromatic N) is 2. The molecule has 0 aromatic heterocycles. The molecule has 5 nitrogen and oxygen atoms in total. The first kappa shape index (κ1) is 16.0. The summed E-state index contributed by atoms with van der Waals surface area (Å²) < 4.78 is 31.7. The van der Waals surface area contributed by atoms with E-state index in [4.69, 9.17) is 10.00 Å². The molecule has 1 aromatic rings. The van der Waals surface area contributed by atoms with Crippen LogP contribution >= 0.6 is 0 Å². The Bertz CT molecular complexity index is 575. The van der Waals surface area contributed by atoms with Gasteiger partial charge in [-0.05, 0) is 24.8 Å². The number of rotatable bonds is 6. The van der Waals surface area contributed by atoms with Crippen molar-refractivity contribution in [2.24, 2.45) is 0 Å². The van der Waals surface area contributed by atoms with Crippen LogP contribution in [0.3, 0.4) is 0 Å². The largest absolute Gasteiger partial charge is 0.377 e. The third-order valence-electron chi connectivity index (χ3n) is 3.51. The number of hydrogen-bond acceptors (Lipinski definition) is 4. The van der Waals surface area contributed by atoms with E-state index in [0.717, 1.165) is 24.8 Å². The van der Waals surface area contributed by atoms with Gasteiger partial charge in [-0.3, -0.25) is 0 Å². The van der Waals surface area contributed by atoms with Gasteiger partial charge < -0.3 is 4.74 Å². The fraction of sp³-hybridized carbons (Fsp3) is 0.533. The van der Waals surface area contributed by atoms with Crippen molar-refractivity contribution in [3.05, 3.63) is 35.9 Å². The summed E-state index contributed by atoms with van der Waals surface area (Å²) in [6.07, 6.45) is 2.51. The van der Waals surface area contributed by atoms with E-state index in [2.05, 4.69) is 0 Å². The molecule has 21 heavy (non-hydrogen) atoms. The summed E-state index contributed by atoms with van der Waals surface area (Å²) in [5.41, 5.74) is 0.876. The van der Waals surface area contributed by atoms with Crippen LogP contribution in [0.25, 0.3) is 0 Å². The molecule has 0 spiro atoms. The lowest BCUT2D eigenvalue weighted by Gasteiger charge is -2.26. The Kier molecular flexibility index (Phi) is 5.74. The minimum atomic E-state index is -3.50. The molecule has 0 saturated carbocycles. The minimum Gasteiger partial charge on any atom is -0.377 e. The quantitative estimate of drug-likeness (QED) is 0.753. The molecule has 1 fully saturated rings. The molecule has 1 aliphatic heterocycles. The van der Waals surface area contributed by atoms with Crippen molar-refractivity contribution < 1.29 is 13.2 Å². The summed E-state index contributed by atoms with van der Waals surface area (Å²) in [6.45, 7) is 0.713. The number of nitriles is 1. The van der Waals surface area contributed by atoms with E-state index in [0.29, 0.717) is 6.61 Å². The maximum atomic E-state index is 12.5. The van der Waals surface area contributed by atoms with Crippen molar-refractivity contribution in [3.8, 4) is 6.07 Å². The molecule has 114 valence electrons. The van der Waals surface area contributed by atoms with Crippen LogP contribution in [0.15, 0.2) is 30.3 Å². The van der Waals surface area contributed by atoms with Gasteiger partial charge in [0.15, 0.2) is 0 Å². The van der Waals surface area contributed by atoms with Crippen LogP contribution < -0.4 is 0 Å². The van der Waals surface area contributed by atoms with Crippen LogP contribution in [0, 0.1) is 11.3 Å². The lowest BCUT2D eigenvalue weighted by molar-refractivity contribution is 0.0299. The molecule has 1 aromatic carbocycles. The van der Waals surface area contributed by atoms with Crippen molar-refractivity contribution in [2.75, 3.05) is 18.9 Å². The zero-order valence-electron chi connectivity index (χ0n) is 11.9. The van der Waals surface area contributed by atoms with Gasteiger partial charge in [0, 0.05) is 13.2 Å². The van der Waals surface area contributed by atoms with E-state index in [1.165, 1.54) is 4.31 Å². The van der Waals surface area contributed by atoms with Gasteiger partial charge in [0.1, 0.15) is 6.54 Å². The van der Waals surface area contributed by atoms with E-state index in [9.17, 15) is 8.42 Å². The van der Waals surface area contributed by atoms with Gasteiger partial charge in [0.25, 0.3) is 0 Å². The van der Waals surface area contributed by atoms with Gasteiger partial charge in [0.05, 0.1) is 17.9 Å². The highest BCUT2D eigenvalue weighted by molar-refractivity contribution is 7.89. The Morgan fingerprint density at radius 2 is 2.05 bits per heavy atom. The molecule has 0 radical (unpaired) electrons. The third-order valence-corrected chi connectivity index (χ3v) is 5.35. The molecular weight excluding hydrogens is 288 g/mol. The second-order valence-corrected chi connectivity index (χ2v) is 7.19. The molecule has 1 heterocycles. The molecule has 0 amide bonds. The predicted octanol–water partition coefficient (Wildman–Crippen LogP) is 1.91. The lowest BCUT2D eigenvalue weighted by atomic mass is 10.1. The van der Waals surface area contributed by atoms with E-state index < -0.39 is 10.0 Å². The Balaban J connectivity index is 2.06. The summed E-state index contributed by atoms with van der Waals surface area (Å²) in [6, 6.07) is 11.2. The number of ether oxygens (including phenoxy) is 1. The predicted molar refractivity (Wildman–Crippen MR) is 79.8 cm³/mol. The average Bonchev–Trinajstić information content (AvgIpc) is 2.48. The smallest absolute Gasteiger partial charge is 0.217 e. The molecule has 1 saturated heterocycles. The van der Waals surface area contributed by atoms with Crippen molar-refractivity contribution in [1.82, 2.24) is 4.31 Å². The SMILES string of the molecule is N#CCN(Cc1ccccc1)S(=O)(=O)C[C@H]1CCCCO1. The van der Waals surface area contributed by atoms with E-state index in [-0.39, 0.29) is 24.9 Å². The van der Waals surface area contributed by atoms with Gasteiger partial charge >= 0.3 is 0 Å². The minimum absolute atomic E-state index is 0.0402. The Morgan fingerprint density at radius 3 is 2.67 bits per heavy atom. The van der Waals surface area contributed by atoms with Crippen LogP contribution in [-0.2, 0) is 21.3 Å². The second-order valence-electron chi connectivity index (χ2n) is 5.18. The first-order chi connectivity index (χ1) is 10.1. The van der Waals surface area contributed by atoms with Crippen molar-refractivity contribution >= 4 is 10.0 Å². The van der Waals surface area contributed by atoms with Gasteiger partial charge in [-0.15, -0.1) is 0 Å². The fourth-order valence-electron chi connectivity index (χ4n) is 2.40. The van der Waals surface area contributed by atoms with Gasteiger partial charge in [-0.2, -0.15) is 9.57 Å². The van der Waals surface area contributed by atoms with Crippen molar-refractivity contribution in [3.63, 3.8) is 0 Å². The molecule has 6 heteroatoms. The van der Waals surface area contributed by atoms with Crippen molar-refractivity contribution in [2.45, 2.75) is 31.9 Å². The molecule has 2 rings (SSSR count). The molecule has 0 N–H and O–H groups in total. The van der Waals surface area contributed by atoms with Crippen molar-refractivity contribution in [1.29, 1.82) is 5.26 Å². The lowest BCUT2D eigenvalue weighted by Crippen LogP contribution is -2.38. The molecular formula is C15H20N2O3S. The summed E-state index contributed by atoms with van der Waals surface area (Å²) >= 11 is 0. The first-order valence-corrected chi connectivity index (χ1v) is 8.73. The maximum Gasteiger partial charge on any atom is 0.217 e. The monoisotopic (exact) mass is 308 g/mol. The van der Waals surface area contributed by atoms with Crippen LogP contribution in [0.1, 0.15) is 24.8 Å². The summed E-state index contributed by atoms with van der Waals surface area (Å²) in [5.74, 6) is -0.0402. The summed E-state index contributed by atoms with van der Waals surface area (Å²) in [5, 5.41) is 8.90. The highest BCUT2D eigenvalue weighted by Crippen LogP contribution is 2.17. The zero-order chi connectivity index (χ0) is 15.1. The Morgan fingerprint density at radius 1 is 1.29 bits per heavy atom.